The van der Waals surface area contributed by atoms with E-state index in [4.69, 9.17) is 19.7 Å². The number of rotatable bonds is 7. The maximum atomic E-state index is 9.74. The Morgan fingerprint density at radius 2 is 1.42 bits per heavy atom. The largest absolute Gasteiger partial charge is 0.394 e. The van der Waals surface area contributed by atoms with Gasteiger partial charge in [-0.05, 0) is 34.1 Å². The lowest BCUT2D eigenvalue weighted by Crippen LogP contribution is -2.11. The van der Waals surface area contributed by atoms with Crippen LogP contribution in [-0.2, 0) is 14.3 Å². The van der Waals surface area contributed by atoms with Crippen LogP contribution in [0.4, 0.5) is 0 Å². The van der Waals surface area contributed by atoms with E-state index in [9.17, 15) is 4.79 Å². The summed E-state index contributed by atoms with van der Waals surface area (Å²) in [7, 11) is 0. The number of hydrogen-bond acceptors (Lipinski definition) is 5. The van der Waals surface area contributed by atoms with Gasteiger partial charge in [0.1, 0.15) is 6.29 Å². The second-order valence-corrected chi connectivity index (χ2v) is 4.03. The highest BCUT2D eigenvalue weighted by Gasteiger charge is 1.94. The second kappa shape index (κ2) is 19.8. The topological polar surface area (TPSA) is 76.0 Å². The van der Waals surface area contributed by atoms with Gasteiger partial charge in [0, 0.05) is 19.1 Å². The molecule has 0 aliphatic heterocycles. The Morgan fingerprint density at radius 3 is 1.53 bits per heavy atom. The van der Waals surface area contributed by atoms with Gasteiger partial charge in [0.25, 0.3) is 0 Å². The van der Waals surface area contributed by atoms with E-state index in [2.05, 4.69) is 0 Å². The fourth-order valence-electron chi connectivity index (χ4n) is 0.614. The lowest BCUT2D eigenvalue weighted by molar-refractivity contribution is -0.123. The molecule has 2 unspecified atom stereocenters. The van der Waals surface area contributed by atoms with Crippen molar-refractivity contribution in [2.75, 3.05) is 19.8 Å². The van der Waals surface area contributed by atoms with Gasteiger partial charge < -0.3 is 24.5 Å². The zero-order chi connectivity index (χ0) is 15.7. The molecule has 0 bridgehead atoms. The molecule has 0 amide bonds. The second-order valence-electron chi connectivity index (χ2n) is 4.03. The first-order valence-corrected chi connectivity index (χ1v) is 6.86. The van der Waals surface area contributed by atoms with Crippen LogP contribution in [0.2, 0.25) is 0 Å². The van der Waals surface area contributed by atoms with Gasteiger partial charge in [0.2, 0.25) is 0 Å². The van der Waals surface area contributed by atoms with Crippen LogP contribution in [0.5, 0.6) is 0 Å². The van der Waals surface area contributed by atoms with E-state index in [1.165, 1.54) is 6.92 Å². The fourth-order valence-corrected chi connectivity index (χ4v) is 0.614. The van der Waals surface area contributed by atoms with Crippen molar-refractivity contribution >= 4 is 6.29 Å². The van der Waals surface area contributed by atoms with Crippen LogP contribution in [0.1, 0.15) is 48.0 Å². The van der Waals surface area contributed by atoms with Gasteiger partial charge in [-0.1, -0.05) is 13.8 Å². The van der Waals surface area contributed by atoms with Crippen molar-refractivity contribution in [3.63, 3.8) is 0 Å². The molecule has 5 heteroatoms. The highest BCUT2D eigenvalue weighted by atomic mass is 16.7. The number of aliphatic hydroxyl groups excluding tert-OH is 2. The summed E-state index contributed by atoms with van der Waals surface area (Å²) < 4.78 is 10.1. The van der Waals surface area contributed by atoms with E-state index in [1.54, 1.807) is 0 Å². The van der Waals surface area contributed by atoms with Crippen LogP contribution in [0, 0.1) is 5.92 Å². The van der Waals surface area contributed by atoms with Gasteiger partial charge in [-0.2, -0.15) is 0 Å². The summed E-state index contributed by atoms with van der Waals surface area (Å²) in [6.45, 7) is 12.5. The SMILES string of the molecule is CC(O)CO.CCC(C)C=O.CCOC(C)OCC. The first-order valence-electron chi connectivity index (χ1n) is 6.86. The summed E-state index contributed by atoms with van der Waals surface area (Å²) in [5.41, 5.74) is 0. The maximum absolute atomic E-state index is 9.74. The van der Waals surface area contributed by atoms with Gasteiger partial charge in [-0.3, -0.25) is 0 Å². The van der Waals surface area contributed by atoms with E-state index in [-0.39, 0.29) is 18.8 Å². The van der Waals surface area contributed by atoms with Crippen molar-refractivity contribution in [1.29, 1.82) is 0 Å². The van der Waals surface area contributed by atoms with Crippen LogP contribution in [0.25, 0.3) is 0 Å². The molecule has 118 valence electrons. The monoisotopic (exact) mass is 280 g/mol. The first kappa shape index (κ1) is 23.6. The zero-order valence-electron chi connectivity index (χ0n) is 13.3. The molecule has 5 nitrogen and oxygen atoms in total. The molecule has 0 rings (SSSR count). The quantitative estimate of drug-likeness (QED) is 0.551. The lowest BCUT2D eigenvalue weighted by Gasteiger charge is -2.09. The third-order valence-corrected chi connectivity index (χ3v) is 1.94. The third kappa shape index (κ3) is 31.8. The van der Waals surface area contributed by atoms with Crippen molar-refractivity contribution < 1.29 is 24.5 Å². The highest BCUT2D eigenvalue weighted by molar-refractivity contribution is 5.52. The highest BCUT2D eigenvalue weighted by Crippen LogP contribution is 1.92. The summed E-state index contributed by atoms with van der Waals surface area (Å²) in [5, 5.41) is 16.0. The number of aliphatic hydroxyl groups is 2. The number of hydrogen-bond donors (Lipinski definition) is 2. The minimum atomic E-state index is -0.560. The Kier molecular flexibility index (Phi) is 24.6. The van der Waals surface area contributed by atoms with Crippen LogP contribution in [0.3, 0.4) is 0 Å². The van der Waals surface area contributed by atoms with Crippen molar-refractivity contribution in [2.45, 2.75) is 60.4 Å². The molecule has 2 atom stereocenters. The Morgan fingerprint density at radius 1 is 1.05 bits per heavy atom. The van der Waals surface area contributed by atoms with Crippen LogP contribution in [0.15, 0.2) is 0 Å². The van der Waals surface area contributed by atoms with Crippen LogP contribution in [-0.4, -0.2) is 48.7 Å². The van der Waals surface area contributed by atoms with Gasteiger partial charge in [0.15, 0.2) is 6.29 Å². The Bertz CT molecular complexity index is 156. The Balaban J connectivity index is -0.000000209. The molecule has 0 heterocycles. The molecule has 2 N–H and O–H groups in total. The predicted octanol–water partition coefficient (Wildman–Crippen LogP) is 2.00. The van der Waals surface area contributed by atoms with Crippen molar-refractivity contribution in [2.24, 2.45) is 5.92 Å². The smallest absolute Gasteiger partial charge is 0.154 e. The summed E-state index contributed by atoms with van der Waals surface area (Å²) in [6.07, 6.45) is 1.34. The molecule has 0 radical (unpaired) electrons. The minimum Gasteiger partial charge on any atom is -0.394 e. The number of carbonyl (C=O) groups excluding carboxylic acids is 1. The van der Waals surface area contributed by atoms with Gasteiger partial charge in [-0.25, -0.2) is 0 Å². The average Bonchev–Trinajstić information content (AvgIpc) is 2.39. The van der Waals surface area contributed by atoms with Crippen molar-refractivity contribution in [1.82, 2.24) is 0 Å². The molecule has 0 saturated heterocycles. The predicted molar refractivity (Wildman–Crippen MR) is 77.0 cm³/mol. The Hall–Kier alpha value is -0.490. The molecule has 0 aliphatic carbocycles. The molecule has 0 spiro atoms. The standard InChI is InChI=1S/C6H14O2.C5H10O.C3H8O2/c1-4-7-6(3)8-5-2;1-3-5(2)4-6;1-3(5)2-4/h6H,4-5H2,1-3H3;4-5H,3H2,1-2H3;3-5H,2H2,1H3. The molecule has 19 heavy (non-hydrogen) atoms. The van der Waals surface area contributed by atoms with Crippen LogP contribution >= 0.6 is 0 Å². The van der Waals surface area contributed by atoms with Gasteiger partial charge in [0.05, 0.1) is 12.7 Å². The van der Waals surface area contributed by atoms with Crippen molar-refractivity contribution in [3.8, 4) is 0 Å². The van der Waals surface area contributed by atoms with Gasteiger partial charge in [-0.15, -0.1) is 0 Å². The van der Waals surface area contributed by atoms with E-state index in [1.807, 2.05) is 34.6 Å². The summed E-state index contributed by atoms with van der Waals surface area (Å²) in [6, 6.07) is 0. The molecular formula is C14H32O5. The average molecular weight is 280 g/mol. The molecule has 0 aromatic rings. The number of aldehydes is 1. The molecule has 0 aliphatic rings. The zero-order valence-corrected chi connectivity index (χ0v) is 13.3. The summed E-state index contributed by atoms with van der Waals surface area (Å²) in [5.74, 6) is 0.255. The summed E-state index contributed by atoms with van der Waals surface area (Å²) in [4.78, 5) is 9.74. The molecule has 0 aromatic heterocycles. The van der Waals surface area contributed by atoms with E-state index in [0.717, 1.165) is 25.9 Å². The van der Waals surface area contributed by atoms with Crippen molar-refractivity contribution in [3.05, 3.63) is 0 Å². The summed E-state index contributed by atoms with van der Waals surface area (Å²) >= 11 is 0. The van der Waals surface area contributed by atoms with Crippen LogP contribution < -0.4 is 0 Å². The fraction of sp³-hybridized carbons (Fsp3) is 0.929. The van der Waals surface area contributed by atoms with E-state index in [0.29, 0.717) is 0 Å². The molecule has 0 fully saturated rings. The molecular weight excluding hydrogens is 248 g/mol. The van der Waals surface area contributed by atoms with Gasteiger partial charge >= 0.3 is 0 Å². The number of ether oxygens (including phenoxy) is 2. The van der Waals surface area contributed by atoms with E-state index >= 15 is 0 Å². The lowest BCUT2D eigenvalue weighted by atomic mass is 10.2. The van der Waals surface area contributed by atoms with E-state index < -0.39 is 6.10 Å². The molecule has 0 aromatic carbocycles. The third-order valence-electron chi connectivity index (χ3n) is 1.94. The minimum absolute atomic E-state index is 0.0370. The number of carbonyl (C=O) groups is 1. The Labute approximate surface area is 117 Å². The maximum Gasteiger partial charge on any atom is 0.154 e. The first-order chi connectivity index (χ1) is 8.89. The normalized spacial score (nSPS) is 12.7. The molecule has 0 saturated carbocycles.